The Kier molecular flexibility index (Phi) is 8.37. The van der Waals surface area contributed by atoms with Crippen molar-refractivity contribution < 1.29 is 25.2 Å². The number of pyridine rings is 1. The molecular formula is C49H33N4PtS-. The number of aromatic nitrogens is 4. The number of nitrogens with zero attached hydrogens (tertiary/aromatic N) is 4. The topological polar surface area (TPSA) is 27.7 Å². The predicted octanol–water partition coefficient (Wildman–Crippen LogP) is 12.5. The first kappa shape index (κ1) is 31.4. The van der Waals surface area contributed by atoms with Crippen LogP contribution in [-0.2, 0) is 28.0 Å². The van der Waals surface area contributed by atoms with Crippen LogP contribution in [0.5, 0.6) is 0 Å². The van der Waals surface area contributed by atoms with E-state index in [0.717, 1.165) is 82.0 Å². The fourth-order valence-corrected chi connectivity index (χ4v) is 8.33. The maximum absolute atomic E-state index is 8.11. The number of aryl methyl sites for hydroxylation is 1. The number of rotatable bonds is 7. The fourth-order valence-electron chi connectivity index (χ4n) is 7.51. The van der Waals surface area contributed by atoms with Gasteiger partial charge in [-0.3, -0.25) is 0 Å². The minimum Gasteiger partial charge on any atom is -0.319 e. The molecule has 0 atom stereocenters. The zero-order valence-electron chi connectivity index (χ0n) is 32.3. The zero-order chi connectivity index (χ0) is 38.5. The van der Waals surface area contributed by atoms with Gasteiger partial charge in [-0.15, -0.1) is 34.2 Å². The summed E-state index contributed by atoms with van der Waals surface area (Å²) in [4.78, 5) is 6.81. The molecule has 4 nitrogen and oxygen atoms in total. The summed E-state index contributed by atoms with van der Waals surface area (Å²) in [6.45, 7) is -2.32. The Morgan fingerprint density at radius 2 is 1.24 bits per heavy atom. The second-order valence-corrected chi connectivity index (χ2v) is 14.2. The Morgan fingerprint density at radius 1 is 0.582 bits per heavy atom. The summed E-state index contributed by atoms with van der Waals surface area (Å²) >= 11 is 1.57. The van der Waals surface area contributed by atoms with Gasteiger partial charge in [0.25, 0.3) is 0 Å². The molecule has 0 N–H and O–H groups in total. The number of imidazole rings is 1. The molecule has 0 aliphatic rings. The average Bonchev–Trinajstić information content (AvgIpc) is 3.81. The van der Waals surface area contributed by atoms with Crippen LogP contribution in [0, 0.1) is 12.1 Å². The molecule has 0 aliphatic carbocycles. The third-order valence-corrected chi connectivity index (χ3v) is 10.8. The van der Waals surface area contributed by atoms with Crippen molar-refractivity contribution in [2.75, 3.05) is 0 Å². The number of hydrogen-bond acceptors (Lipinski definition) is 2. The molecule has 0 spiro atoms. The molecule has 6 heteroatoms. The van der Waals surface area contributed by atoms with Crippen molar-refractivity contribution in [2.45, 2.75) is 9.79 Å². The van der Waals surface area contributed by atoms with E-state index in [0.29, 0.717) is 5.52 Å². The predicted molar refractivity (Wildman–Crippen MR) is 223 cm³/mol. The van der Waals surface area contributed by atoms with Gasteiger partial charge in [0.15, 0.2) is 17.4 Å². The van der Waals surface area contributed by atoms with Gasteiger partial charge in [0.05, 0.1) is 0 Å². The number of fused-ring (bicyclic) bond motifs is 4. The summed E-state index contributed by atoms with van der Waals surface area (Å²) in [5.74, 6) is 0.801. The maximum Gasteiger partial charge on any atom is 0.188 e. The standard InChI is InChI=1S/C49H33N4S.Pt/c1-51-33-52(46-25-11-10-24-45(46)51)37-18-12-19-38(31-37)54-39-26-27-43-42-20-8-9-23-44(42)53(47(43)32-39)48-30-36(28-29-50-48)49-40(34-14-4-2-5-15-34)21-13-22-41(49)35-16-6-3-7-17-35;/h2-30,33H,1H3;/q-1;/i1D3;. The Morgan fingerprint density at radius 3 is 1.98 bits per heavy atom. The van der Waals surface area contributed by atoms with Gasteiger partial charge in [-0.05, 0) is 69.1 Å². The fraction of sp³-hybridized carbons (Fsp3) is 0.0204. The Bertz CT molecular complexity index is 3050. The third-order valence-electron chi connectivity index (χ3n) is 9.92. The SMILES string of the molecule is [2H]C([2H])([2H])n1[cH+]n(-c2[c-]c(Sc3[c-]c4c(cc3)c3ccccc3n4-c3cc(-c4c(-c5ccccc5)cccc4-c4ccccc4)ccn3)ccc2)c2ccccc21.[Pt]. The van der Waals surface area contributed by atoms with Crippen LogP contribution in [-0.4, -0.2) is 18.7 Å². The normalized spacial score (nSPS) is 12.3. The van der Waals surface area contributed by atoms with Crippen LogP contribution in [0.3, 0.4) is 0 Å². The van der Waals surface area contributed by atoms with Gasteiger partial charge in [-0.1, -0.05) is 114 Å². The molecular weight excluding hydrogens is 872 g/mol. The molecule has 10 aromatic rings. The number of benzene rings is 7. The summed E-state index contributed by atoms with van der Waals surface area (Å²) < 4.78 is 29.8. The molecule has 0 fully saturated rings. The van der Waals surface area contributed by atoms with Crippen molar-refractivity contribution in [2.24, 2.45) is 6.98 Å². The van der Waals surface area contributed by atoms with Gasteiger partial charge >= 0.3 is 0 Å². The van der Waals surface area contributed by atoms with E-state index in [1.807, 2.05) is 53.2 Å². The van der Waals surface area contributed by atoms with E-state index in [4.69, 9.17) is 9.10 Å². The molecule has 0 amide bonds. The molecule has 0 saturated heterocycles. The van der Waals surface area contributed by atoms with Crippen molar-refractivity contribution in [1.82, 2.24) is 18.7 Å². The largest absolute Gasteiger partial charge is 0.319 e. The van der Waals surface area contributed by atoms with E-state index in [-0.39, 0.29) is 21.1 Å². The van der Waals surface area contributed by atoms with Gasteiger partial charge in [0, 0.05) is 61.7 Å². The van der Waals surface area contributed by atoms with E-state index in [1.54, 1.807) is 18.1 Å². The monoisotopic (exact) mass is 907 g/mol. The van der Waals surface area contributed by atoms with Crippen LogP contribution in [0.15, 0.2) is 192 Å². The van der Waals surface area contributed by atoms with Crippen molar-refractivity contribution in [1.29, 1.82) is 0 Å². The van der Waals surface area contributed by atoms with Gasteiger partial charge in [-0.2, -0.15) is 24.3 Å². The van der Waals surface area contributed by atoms with Crippen molar-refractivity contribution in [3.63, 3.8) is 0 Å². The first-order chi connectivity index (χ1) is 27.9. The molecule has 0 bridgehead atoms. The first-order valence-corrected chi connectivity index (χ1v) is 18.6. The summed E-state index contributed by atoms with van der Waals surface area (Å²) in [7, 11) is 0. The third kappa shape index (κ3) is 6.30. The van der Waals surface area contributed by atoms with Crippen LogP contribution in [0.1, 0.15) is 4.11 Å². The second kappa shape index (κ2) is 14.7. The summed E-state index contributed by atoms with van der Waals surface area (Å²) in [6.07, 6.45) is 3.54. The molecule has 3 aromatic heterocycles. The molecule has 3 heterocycles. The average molecular weight is 908 g/mol. The van der Waals surface area contributed by atoms with E-state index in [1.165, 1.54) is 4.57 Å². The molecule has 7 aromatic carbocycles. The van der Waals surface area contributed by atoms with Crippen LogP contribution in [0.25, 0.3) is 77.7 Å². The molecule has 10 rings (SSSR count). The van der Waals surface area contributed by atoms with E-state index >= 15 is 0 Å². The van der Waals surface area contributed by atoms with Gasteiger partial charge in [-0.25, -0.2) is 14.1 Å². The summed E-state index contributed by atoms with van der Waals surface area (Å²) in [5, 5.41) is 2.21. The second-order valence-electron chi connectivity index (χ2n) is 13.1. The smallest absolute Gasteiger partial charge is 0.188 e. The van der Waals surface area contributed by atoms with Gasteiger partial charge in [0.2, 0.25) is 0 Å². The first-order valence-electron chi connectivity index (χ1n) is 19.3. The zero-order valence-corrected chi connectivity index (χ0v) is 32.4. The van der Waals surface area contributed by atoms with Crippen molar-refractivity contribution in [3.05, 3.63) is 195 Å². The summed E-state index contributed by atoms with van der Waals surface area (Å²) in [6, 6.07) is 65.4. The van der Waals surface area contributed by atoms with Crippen LogP contribution in [0.4, 0.5) is 0 Å². The molecule has 0 saturated carbocycles. The van der Waals surface area contributed by atoms with Crippen LogP contribution in [0.2, 0.25) is 0 Å². The van der Waals surface area contributed by atoms with E-state index < -0.39 is 6.98 Å². The van der Waals surface area contributed by atoms with E-state index in [9.17, 15) is 0 Å². The van der Waals surface area contributed by atoms with Crippen molar-refractivity contribution in [3.8, 4) is 44.9 Å². The number of para-hydroxylation sites is 3. The molecule has 0 radical (unpaired) electrons. The Labute approximate surface area is 342 Å². The van der Waals surface area contributed by atoms with Gasteiger partial charge in [0.1, 0.15) is 5.82 Å². The molecule has 0 unspecified atom stereocenters. The Balaban J connectivity index is 0.00000436. The van der Waals surface area contributed by atoms with Crippen LogP contribution < -0.4 is 0 Å². The van der Waals surface area contributed by atoms with E-state index in [2.05, 4.69) is 144 Å². The minimum atomic E-state index is -2.32. The summed E-state index contributed by atoms with van der Waals surface area (Å²) in [5.41, 5.74) is 11.0. The molecule has 0 aliphatic heterocycles. The Hall–Kier alpha value is -6.00. The molecule has 266 valence electrons. The number of hydrogen-bond donors (Lipinski definition) is 0. The maximum atomic E-state index is 8.11. The minimum absolute atomic E-state index is 0. The van der Waals surface area contributed by atoms with Gasteiger partial charge < -0.3 is 4.57 Å². The van der Waals surface area contributed by atoms with Crippen molar-refractivity contribution >= 4 is 44.6 Å². The molecule has 55 heavy (non-hydrogen) atoms. The quantitative estimate of drug-likeness (QED) is 0.149. The van der Waals surface area contributed by atoms with Crippen LogP contribution >= 0.6 is 11.8 Å².